The second kappa shape index (κ2) is 8.78. The molecule has 0 saturated carbocycles. The van der Waals surface area contributed by atoms with Gasteiger partial charge in [-0.25, -0.2) is 4.39 Å². The first-order valence-corrected chi connectivity index (χ1v) is 10.7. The Hall–Kier alpha value is -3.38. The SMILES string of the molecule is CC1CN(C#N)C(C)[C@@H]1NC(=O)c1cc(-c2ccncc2Sc2ccc(F)cc2)n[nH]1. The summed E-state index contributed by atoms with van der Waals surface area (Å²) in [5, 5.41) is 19.4. The molecule has 2 aromatic heterocycles. The van der Waals surface area contributed by atoms with Crippen LogP contribution in [0.3, 0.4) is 0 Å². The van der Waals surface area contributed by atoms with Crippen molar-refractivity contribution < 1.29 is 9.18 Å². The number of hydrogen-bond donors (Lipinski definition) is 2. The van der Waals surface area contributed by atoms with Gasteiger partial charge in [-0.15, -0.1) is 0 Å². The van der Waals surface area contributed by atoms with Crippen LogP contribution in [0, 0.1) is 23.2 Å². The monoisotopic (exact) mass is 436 g/mol. The molecule has 31 heavy (non-hydrogen) atoms. The lowest BCUT2D eigenvalue weighted by Gasteiger charge is -2.21. The van der Waals surface area contributed by atoms with Gasteiger partial charge in [0, 0.05) is 34.3 Å². The molecule has 7 nitrogen and oxygen atoms in total. The van der Waals surface area contributed by atoms with E-state index in [1.165, 1.54) is 23.9 Å². The smallest absolute Gasteiger partial charge is 0.269 e. The van der Waals surface area contributed by atoms with E-state index < -0.39 is 0 Å². The minimum Gasteiger partial charge on any atom is -0.346 e. The summed E-state index contributed by atoms with van der Waals surface area (Å²) in [4.78, 5) is 20.4. The Bertz CT molecular complexity index is 1130. The fourth-order valence-corrected chi connectivity index (χ4v) is 4.68. The van der Waals surface area contributed by atoms with E-state index in [1.54, 1.807) is 35.5 Å². The Morgan fingerprint density at radius 3 is 2.81 bits per heavy atom. The van der Waals surface area contributed by atoms with Gasteiger partial charge in [0.05, 0.1) is 17.8 Å². The Balaban J connectivity index is 1.52. The van der Waals surface area contributed by atoms with E-state index in [0.29, 0.717) is 17.9 Å². The first-order valence-electron chi connectivity index (χ1n) is 9.86. The van der Waals surface area contributed by atoms with Gasteiger partial charge in [0.25, 0.3) is 5.91 Å². The highest BCUT2D eigenvalue weighted by atomic mass is 32.2. The van der Waals surface area contributed by atoms with Gasteiger partial charge in [0.2, 0.25) is 0 Å². The lowest BCUT2D eigenvalue weighted by atomic mass is 10.0. The van der Waals surface area contributed by atoms with Gasteiger partial charge < -0.3 is 10.2 Å². The summed E-state index contributed by atoms with van der Waals surface area (Å²) in [6.07, 6.45) is 5.56. The molecule has 0 bridgehead atoms. The summed E-state index contributed by atoms with van der Waals surface area (Å²) in [6, 6.07) is 9.57. The molecule has 1 aromatic carbocycles. The van der Waals surface area contributed by atoms with Crippen molar-refractivity contribution >= 4 is 17.7 Å². The van der Waals surface area contributed by atoms with Gasteiger partial charge >= 0.3 is 0 Å². The van der Waals surface area contributed by atoms with Crippen LogP contribution in [-0.4, -0.2) is 44.6 Å². The number of aromatic nitrogens is 3. The number of carbonyl (C=O) groups excluding carboxylic acids is 1. The molecule has 1 aliphatic rings. The number of nitriles is 1. The largest absolute Gasteiger partial charge is 0.346 e. The zero-order valence-electron chi connectivity index (χ0n) is 17.0. The minimum absolute atomic E-state index is 0.0646. The lowest BCUT2D eigenvalue weighted by Crippen LogP contribution is -2.44. The van der Waals surface area contributed by atoms with Gasteiger partial charge in [-0.05, 0) is 49.2 Å². The average molecular weight is 437 g/mol. The molecule has 0 spiro atoms. The Labute approximate surface area is 183 Å². The third kappa shape index (κ3) is 4.39. The van der Waals surface area contributed by atoms with Crippen molar-refractivity contribution in [3.05, 3.63) is 60.3 Å². The maximum atomic E-state index is 13.2. The number of carbonyl (C=O) groups is 1. The number of aromatic amines is 1. The first-order chi connectivity index (χ1) is 15.0. The molecule has 3 atom stereocenters. The molecule has 3 aromatic rings. The molecule has 2 N–H and O–H groups in total. The van der Waals surface area contributed by atoms with E-state index >= 15 is 0 Å². The van der Waals surface area contributed by atoms with Gasteiger partial charge in [0.1, 0.15) is 11.5 Å². The molecule has 0 radical (unpaired) electrons. The van der Waals surface area contributed by atoms with E-state index in [-0.39, 0.29) is 29.7 Å². The topological polar surface area (TPSA) is 97.7 Å². The Morgan fingerprint density at radius 2 is 2.10 bits per heavy atom. The maximum absolute atomic E-state index is 13.2. The van der Waals surface area contributed by atoms with E-state index in [9.17, 15) is 14.4 Å². The zero-order valence-corrected chi connectivity index (χ0v) is 17.9. The van der Waals surface area contributed by atoms with E-state index in [0.717, 1.165) is 15.4 Å². The van der Waals surface area contributed by atoms with Crippen LogP contribution in [0.4, 0.5) is 4.39 Å². The van der Waals surface area contributed by atoms with Crippen LogP contribution < -0.4 is 5.32 Å². The summed E-state index contributed by atoms with van der Waals surface area (Å²) in [5.74, 6) is -0.383. The fraction of sp³-hybridized carbons (Fsp3) is 0.273. The van der Waals surface area contributed by atoms with Crippen molar-refractivity contribution in [3.63, 3.8) is 0 Å². The second-order valence-electron chi connectivity index (χ2n) is 7.56. The first kappa shape index (κ1) is 20.9. The van der Waals surface area contributed by atoms with Crippen LogP contribution in [-0.2, 0) is 0 Å². The van der Waals surface area contributed by atoms with Gasteiger partial charge in [-0.2, -0.15) is 10.4 Å². The van der Waals surface area contributed by atoms with E-state index in [4.69, 9.17) is 0 Å². The number of rotatable bonds is 5. The summed E-state index contributed by atoms with van der Waals surface area (Å²) >= 11 is 1.45. The standard InChI is InChI=1S/C22H21FN6OS/c1-13-11-29(12-24)14(2)21(13)26-22(30)19-9-18(27-28-19)17-7-8-25-10-20(17)31-16-5-3-15(23)4-6-16/h3-10,13-14,21H,11H2,1-2H3,(H,26,30)(H,27,28)/t13?,14?,21-/m1/s1. The van der Waals surface area contributed by atoms with Crippen molar-refractivity contribution in [3.8, 4) is 17.5 Å². The summed E-state index contributed by atoms with van der Waals surface area (Å²) in [6.45, 7) is 4.58. The highest BCUT2D eigenvalue weighted by Crippen LogP contribution is 2.35. The number of amides is 1. The molecule has 4 rings (SSSR count). The summed E-state index contributed by atoms with van der Waals surface area (Å²) < 4.78 is 13.2. The number of nitrogens with zero attached hydrogens (tertiary/aromatic N) is 4. The van der Waals surface area contributed by atoms with Crippen LogP contribution in [0.25, 0.3) is 11.3 Å². The number of nitrogens with one attached hydrogen (secondary N) is 2. The average Bonchev–Trinajstić information content (AvgIpc) is 3.36. The summed E-state index contributed by atoms with van der Waals surface area (Å²) in [7, 11) is 0. The third-order valence-electron chi connectivity index (χ3n) is 5.46. The molecule has 1 aliphatic heterocycles. The molecule has 1 fully saturated rings. The molecule has 9 heteroatoms. The van der Waals surface area contributed by atoms with Gasteiger partial charge in [0.15, 0.2) is 6.19 Å². The Morgan fingerprint density at radius 1 is 1.32 bits per heavy atom. The fourth-order valence-electron chi connectivity index (χ4n) is 3.76. The second-order valence-corrected chi connectivity index (χ2v) is 8.68. The van der Waals surface area contributed by atoms with Crippen molar-refractivity contribution in [1.29, 1.82) is 5.26 Å². The molecule has 0 aliphatic carbocycles. The lowest BCUT2D eigenvalue weighted by molar-refractivity contribution is 0.0918. The van der Waals surface area contributed by atoms with Crippen LogP contribution in [0.5, 0.6) is 0 Å². The quantitative estimate of drug-likeness (QED) is 0.592. The molecular weight excluding hydrogens is 415 g/mol. The molecule has 2 unspecified atom stereocenters. The van der Waals surface area contributed by atoms with Crippen molar-refractivity contribution in [2.45, 2.75) is 35.7 Å². The Kier molecular flexibility index (Phi) is 5.91. The highest BCUT2D eigenvalue weighted by molar-refractivity contribution is 7.99. The van der Waals surface area contributed by atoms with E-state index in [2.05, 4.69) is 26.7 Å². The number of halogens is 1. The third-order valence-corrected chi connectivity index (χ3v) is 6.51. The highest BCUT2D eigenvalue weighted by Gasteiger charge is 2.37. The molecule has 3 heterocycles. The van der Waals surface area contributed by atoms with Crippen LogP contribution in [0.1, 0.15) is 24.3 Å². The maximum Gasteiger partial charge on any atom is 0.269 e. The van der Waals surface area contributed by atoms with Crippen molar-refractivity contribution in [1.82, 2.24) is 25.4 Å². The minimum atomic E-state index is -0.289. The van der Waals surface area contributed by atoms with Gasteiger partial charge in [-0.3, -0.25) is 14.9 Å². The van der Waals surface area contributed by atoms with Gasteiger partial charge in [-0.1, -0.05) is 18.7 Å². The number of pyridine rings is 1. The number of hydrogen-bond acceptors (Lipinski definition) is 6. The zero-order chi connectivity index (χ0) is 22.0. The number of likely N-dealkylation sites (tertiary alicyclic amines) is 1. The van der Waals surface area contributed by atoms with Crippen LogP contribution in [0.15, 0.2) is 58.6 Å². The summed E-state index contributed by atoms with van der Waals surface area (Å²) in [5.41, 5.74) is 1.78. The normalized spacial score (nSPS) is 20.5. The van der Waals surface area contributed by atoms with Crippen LogP contribution in [0.2, 0.25) is 0 Å². The number of H-pyrrole nitrogens is 1. The molecule has 1 amide bonds. The predicted octanol–water partition coefficient (Wildman–Crippen LogP) is 3.68. The van der Waals surface area contributed by atoms with Crippen LogP contribution >= 0.6 is 11.8 Å². The molecule has 158 valence electrons. The van der Waals surface area contributed by atoms with E-state index in [1.807, 2.05) is 19.9 Å². The molecular formula is C22H21FN6OS. The predicted molar refractivity (Wildman–Crippen MR) is 115 cm³/mol. The van der Waals surface area contributed by atoms with Crippen molar-refractivity contribution in [2.75, 3.05) is 6.54 Å². The number of benzene rings is 1. The van der Waals surface area contributed by atoms with Crippen molar-refractivity contribution in [2.24, 2.45) is 5.92 Å². The molecule has 1 saturated heterocycles.